The van der Waals surface area contributed by atoms with Crippen molar-refractivity contribution in [3.63, 3.8) is 0 Å². The molecule has 0 amide bonds. The Balaban J connectivity index is 3.41. The monoisotopic (exact) mass is 247 g/mol. The van der Waals surface area contributed by atoms with Crippen molar-refractivity contribution in [2.75, 3.05) is 0 Å². The number of hydrogen-bond acceptors (Lipinski definition) is 1. The van der Waals surface area contributed by atoms with E-state index < -0.39 is 0 Å². The predicted octanol–water partition coefficient (Wildman–Crippen LogP) is 5.19. The third-order valence-electron chi connectivity index (χ3n) is 3.87. The molecule has 0 spiro atoms. The van der Waals surface area contributed by atoms with E-state index >= 15 is 0 Å². The Morgan fingerprint density at radius 2 is 1.61 bits per heavy atom. The van der Waals surface area contributed by atoms with Crippen molar-refractivity contribution in [2.45, 2.75) is 78.6 Å². The maximum absolute atomic E-state index is 4.85. The summed E-state index contributed by atoms with van der Waals surface area (Å²) in [5.41, 5.74) is 4.20. The van der Waals surface area contributed by atoms with Gasteiger partial charge < -0.3 is 0 Å². The SMILES string of the molecule is CCC(C)(C)c1cc(C(C)C)nc(C(C)(C)C)c1. The van der Waals surface area contributed by atoms with Crippen molar-refractivity contribution in [3.05, 3.63) is 29.1 Å². The molecule has 0 unspecified atom stereocenters. The van der Waals surface area contributed by atoms with E-state index in [-0.39, 0.29) is 10.8 Å². The standard InChI is InChI=1S/C17H29N/c1-9-17(7,8)13-10-14(12(2)3)18-15(11-13)16(4,5)6/h10-12H,9H2,1-8H3. The van der Waals surface area contributed by atoms with Crippen LogP contribution in [0.3, 0.4) is 0 Å². The Morgan fingerprint density at radius 1 is 1.06 bits per heavy atom. The van der Waals surface area contributed by atoms with Gasteiger partial charge in [0, 0.05) is 16.8 Å². The van der Waals surface area contributed by atoms with Gasteiger partial charge in [0.1, 0.15) is 0 Å². The Kier molecular flexibility index (Phi) is 4.25. The lowest BCUT2D eigenvalue weighted by molar-refractivity contribution is 0.496. The van der Waals surface area contributed by atoms with Crippen LogP contribution in [-0.4, -0.2) is 4.98 Å². The van der Waals surface area contributed by atoms with Crippen LogP contribution in [-0.2, 0) is 10.8 Å². The first kappa shape index (κ1) is 15.2. The number of hydrogen-bond donors (Lipinski definition) is 0. The van der Waals surface area contributed by atoms with Crippen molar-refractivity contribution in [1.29, 1.82) is 0 Å². The third kappa shape index (κ3) is 3.34. The van der Waals surface area contributed by atoms with E-state index in [1.807, 2.05) is 0 Å². The van der Waals surface area contributed by atoms with Gasteiger partial charge in [0.15, 0.2) is 0 Å². The predicted molar refractivity (Wildman–Crippen MR) is 80.3 cm³/mol. The molecule has 0 radical (unpaired) electrons. The summed E-state index contributed by atoms with van der Waals surface area (Å²) < 4.78 is 0. The molecule has 0 aliphatic rings. The van der Waals surface area contributed by atoms with Gasteiger partial charge in [-0.05, 0) is 35.4 Å². The summed E-state index contributed by atoms with van der Waals surface area (Å²) in [6.07, 6.45) is 1.15. The maximum atomic E-state index is 4.85. The van der Waals surface area contributed by atoms with Crippen LogP contribution in [0.15, 0.2) is 12.1 Å². The minimum absolute atomic E-state index is 0.115. The highest BCUT2D eigenvalue weighted by Crippen LogP contribution is 2.32. The first-order chi connectivity index (χ1) is 8.08. The summed E-state index contributed by atoms with van der Waals surface area (Å²) >= 11 is 0. The minimum Gasteiger partial charge on any atom is -0.257 e. The van der Waals surface area contributed by atoms with Gasteiger partial charge in [-0.15, -0.1) is 0 Å². The molecule has 0 saturated carbocycles. The second kappa shape index (κ2) is 5.03. The maximum Gasteiger partial charge on any atom is 0.0463 e. The molecule has 18 heavy (non-hydrogen) atoms. The number of nitrogens with zero attached hydrogens (tertiary/aromatic N) is 1. The fraction of sp³-hybridized carbons (Fsp3) is 0.706. The zero-order valence-corrected chi connectivity index (χ0v) is 13.4. The fourth-order valence-electron chi connectivity index (χ4n) is 1.83. The van der Waals surface area contributed by atoms with Crippen molar-refractivity contribution in [3.8, 4) is 0 Å². The Hall–Kier alpha value is -0.850. The lowest BCUT2D eigenvalue weighted by Crippen LogP contribution is -2.21. The quantitative estimate of drug-likeness (QED) is 0.716. The molecule has 1 heterocycles. The zero-order valence-electron chi connectivity index (χ0n) is 13.4. The van der Waals surface area contributed by atoms with Crippen LogP contribution in [0.1, 0.15) is 84.7 Å². The van der Waals surface area contributed by atoms with Crippen molar-refractivity contribution in [2.24, 2.45) is 0 Å². The first-order valence-electron chi connectivity index (χ1n) is 7.11. The molecule has 0 N–H and O–H groups in total. The fourth-order valence-corrected chi connectivity index (χ4v) is 1.83. The second-order valence-electron chi connectivity index (χ2n) is 7.31. The van der Waals surface area contributed by atoms with Gasteiger partial charge in [0.2, 0.25) is 0 Å². The van der Waals surface area contributed by atoms with Crippen LogP contribution in [0.2, 0.25) is 0 Å². The van der Waals surface area contributed by atoms with E-state index in [4.69, 9.17) is 4.98 Å². The summed E-state index contributed by atoms with van der Waals surface area (Å²) in [5, 5.41) is 0. The van der Waals surface area contributed by atoms with Gasteiger partial charge in [-0.25, -0.2) is 0 Å². The minimum atomic E-state index is 0.115. The number of pyridine rings is 1. The highest BCUT2D eigenvalue weighted by atomic mass is 14.7. The molecule has 0 bridgehead atoms. The van der Waals surface area contributed by atoms with E-state index in [2.05, 4.69) is 67.5 Å². The van der Waals surface area contributed by atoms with Crippen molar-refractivity contribution < 1.29 is 0 Å². The summed E-state index contributed by atoms with van der Waals surface area (Å²) in [5.74, 6) is 0.485. The first-order valence-corrected chi connectivity index (χ1v) is 7.11. The number of rotatable bonds is 3. The molecule has 0 fully saturated rings. The lowest BCUT2D eigenvalue weighted by atomic mass is 9.79. The van der Waals surface area contributed by atoms with E-state index in [0.29, 0.717) is 5.92 Å². The van der Waals surface area contributed by atoms with E-state index in [0.717, 1.165) is 6.42 Å². The highest BCUT2D eigenvalue weighted by molar-refractivity contribution is 5.31. The van der Waals surface area contributed by atoms with Crippen LogP contribution in [0.4, 0.5) is 0 Å². The van der Waals surface area contributed by atoms with Crippen LogP contribution in [0.25, 0.3) is 0 Å². The van der Waals surface area contributed by atoms with Crippen molar-refractivity contribution >= 4 is 0 Å². The lowest BCUT2D eigenvalue weighted by Gasteiger charge is -2.28. The van der Waals surface area contributed by atoms with Crippen LogP contribution >= 0.6 is 0 Å². The number of aromatic nitrogens is 1. The van der Waals surface area contributed by atoms with E-state index in [1.54, 1.807) is 0 Å². The molecular formula is C17H29N. The van der Waals surface area contributed by atoms with Gasteiger partial charge >= 0.3 is 0 Å². The molecule has 102 valence electrons. The molecular weight excluding hydrogens is 218 g/mol. The topological polar surface area (TPSA) is 12.9 Å². The zero-order chi connectivity index (χ0) is 14.1. The normalized spacial score (nSPS) is 13.2. The molecule has 0 aromatic carbocycles. The average molecular weight is 247 g/mol. The smallest absolute Gasteiger partial charge is 0.0463 e. The van der Waals surface area contributed by atoms with Gasteiger partial charge in [0.25, 0.3) is 0 Å². The van der Waals surface area contributed by atoms with E-state index in [9.17, 15) is 0 Å². The Morgan fingerprint density at radius 3 is 2.00 bits per heavy atom. The molecule has 0 atom stereocenters. The van der Waals surface area contributed by atoms with Gasteiger partial charge in [-0.2, -0.15) is 0 Å². The Labute approximate surface area is 113 Å². The molecule has 1 heteroatoms. The van der Waals surface area contributed by atoms with Crippen LogP contribution < -0.4 is 0 Å². The van der Waals surface area contributed by atoms with Gasteiger partial charge in [-0.1, -0.05) is 55.4 Å². The molecule has 0 saturated heterocycles. The molecule has 0 aliphatic heterocycles. The van der Waals surface area contributed by atoms with Gasteiger partial charge in [0.05, 0.1) is 0 Å². The average Bonchev–Trinajstić information content (AvgIpc) is 2.27. The molecule has 1 nitrogen and oxygen atoms in total. The van der Waals surface area contributed by atoms with Crippen LogP contribution in [0.5, 0.6) is 0 Å². The second-order valence-corrected chi connectivity index (χ2v) is 7.31. The van der Waals surface area contributed by atoms with Crippen LogP contribution in [0, 0.1) is 0 Å². The third-order valence-corrected chi connectivity index (χ3v) is 3.87. The Bertz CT molecular complexity index is 408. The summed E-state index contributed by atoms with van der Waals surface area (Å²) in [7, 11) is 0. The summed E-state index contributed by atoms with van der Waals surface area (Å²) in [6.45, 7) is 18.0. The van der Waals surface area contributed by atoms with Gasteiger partial charge in [-0.3, -0.25) is 4.98 Å². The molecule has 0 aliphatic carbocycles. The highest BCUT2D eigenvalue weighted by Gasteiger charge is 2.24. The summed E-state index contributed by atoms with van der Waals surface area (Å²) in [4.78, 5) is 4.85. The largest absolute Gasteiger partial charge is 0.257 e. The molecule has 1 aromatic rings. The van der Waals surface area contributed by atoms with E-state index in [1.165, 1.54) is 17.0 Å². The molecule has 1 aromatic heterocycles. The molecule has 1 rings (SSSR count). The van der Waals surface area contributed by atoms with Crippen molar-refractivity contribution in [1.82, 2.24) is 4.98 Å². The summed E-state index contributed by atoms with van der Waals surface area (Å²) in [6, 6.07) is 4.60.